The molecule has 1 heterocycles. The van der Waals surface area contributed by atoms with Gasteiger partial charge in [-0.2, -0.15) is 5.26 Å². The summed E-state index contributed by atoms with van der Waals surface area (Å²) in [6.07, 6.45) is 3.35. The van der Waals surface area contributed by atoms with Crippen LogP contribution in [-0.2, 0) is 11.8 Å². The van der Waals surface area contributed by atoms with E-state index >= 15 is 0 Å². The molecule has 0 aliphatic carbocycles. The number of benzene rings is 1. The number of aromatic nitrogens is 2. The third-order valence-electron chi connectivity index (χ3n) is 3.07. The Bertz CT molecular complexity index is 637. The normalized spacial score (nSPS) is 11.7. The van der Waals surface area contributed by atoms with Gasteiger partial charge in [0.05, 0.1) is 6.07 Å². The summed E-state index contributed by atoms with van der Waals surface area (Å²) >= 11 is 0. The number of amides is 1. The molecule has 1 N–H and O–H groups in total. The SMILES string of the molecule is Cc1ccc(C(NC(=O)CC#N)c2nccn2C)cc1. The lowest BCUT2D eigenvalue weighted by molar-refractivity contribution is -0.120. The van der Waals surface area contributed by atoms with Gasteiger partial charge in [0.15, 0.2) is 0 Å². The number of hydrogen-bond acceptors (Lipinski definition) is 3. The van der Waals surface area contributed by atoms with E-state index in [9.17, 15) is 4.79 Å². The molecule has 0 radical (unpaired) electrons. The van der Waals surface area contributed by atoms with Crippen LogP contribution in [0.15, 0.2) is 36.7 Å². The van der Waals surface area contributed by atoms with Crippen LogP contribution in [0, 0.1) is 18.3 Å². The van der Waals surface area contributed by atoms with Crippen molar-refractivity contribution in [3.8, 4) is 6.07 Å². The summed E-state index contributed by atoms with van der Waals surface area (Å²) in [5, 5.41) is 11.5. The Morgan fingerprint density at radius 1 is 1.45 bits per heavy atom. The molecule has 0 fully saturated rings. The summed E-state index contributed by atoms with van der Waals surface area (Å²) in [7, 11) is 1.87. The Hall–Kier alpha value is -2.61. The summed E-state index contributed by atoms with van der Waals surface area (Å²) in [5.41, 5.74) is 2.09. The van der Waals surface area contributed by atoms with Gasteiger partial charge in [-0.05, 0) is 12.5 Å². The summed E-state index contributed by atoms with van der Waals surface area (Å²) in [5.74, 6) is 0.432. The zero-order valence-corrected chi connectivity index (χ0v) is 11.5. The van der Waals surface area contributed by atoms with Gasteiger partial charge in [-0.15, -0.1) is 0 Å². The molecule has 1 atom stereocenters. The van der Waals surface area contributed by atoms with Crippen molar-refractivity contribution in [2.75, 3.05) is 0 Å². The van der Waals surface area contributed by atoms with Crippen molar-refractivity contribution in [3.63, 3.8) is 0 Å². The molecule has 0 aliphatic heterocycles. The highest BCUT2D eigenvalue weighted by Crippen LogP contribution is 2.21. The van der Waals surface area contributed by atoms with E-state index in [0.29, 0.717) is 0 Å². The summed E-state index contributed by atoms with van der Waals surface area (Å²) < 4.78 is 1.86. The zero-order chi connectivity index (χ0) is 14.5. The second kappa shape index (κ2) is 6.02. The van der Waals surface area contributed by atoms with E-state index in [-0.39, 0.29) is 18.4 Å². The van der Waals surface area contributed by atoms with Crippen LogP contribution < -0.4 is 5.32 Å². The maximum atomic E-state index is 11.7. The molecule has 0 bridgehead atoms. The van der Waals surface area contributed by atoms with Crippen molar-refractivity contribution in [2.24, 2.45) is 7.05 Å². The van der Waals surface area contributed by atoms with E-state index in [0.717, 1.165) is 17.0 Å². The van der Waals surface area contributed by atoms with Gasteiger partial charge in [0.25, 0.3) is 0 Å². The van der Waals surface area contributed by atoms with E-state index in [2.05, 4.69) is 10.3 Å². The van der Waals surface area contributed by atoms with E-state index in [4.69, 9.17) is 5.26 Å². The second-order valence-corrected chi connectivity index (χ2v) is 4.64. The number of carbonyl (C=O) groups is 1. The highest BCUT2D eigenvalue weighted by atomic mass is 16.1. The van der Waals surface area contributed by atoms with Gasteiger partial charge in [-0.1, -0.05) is 29.8 Å². The lowest BCUT2D eigenvalue weighted by atomic mass is 10.0. The van der Waals surface area contributed by atoms with Crippen molar-refractivity contribution in [3.05, 3.63) is 53.6 Å². The minimum absolute atomic E-state index is 0.160. The molecule has 1 aromatic carbocycles. The molecule has 5 nitrogen and oxygen atoms in total. The molecule has 102 valence electrons. The Labute approximate surface area is 117 Å². The van der Waals surface area contributed by atoms with Crippen LogP contribution in [0.3, 0.4) is 0 Å². The van der Waals surface area contributed by atoms with Crippen LogP contribution >= 0.6 is 0 Å². The van der Waals surface area contributed by atoms with Crippen LogP contribution in [0.2, 0.25) is 0 Å². The fourth-order valence-electron chi connectivity index (χ4n) is 1.99. The van der Waals surface area contributed by atoms with Crippen LogP contribution in [0.5, 0.6) is 0 Å². The van der Waals surface area contributed by atoms with Crippen molar-refractivity contribution >= 4 is 5.91 Å². The highest BCUT2D eigenvalue weighted by molar-refractivity contribution is 5.78. The largest absolute Gasteiger partial charge is 0.341 e. The number of aryl methyl sites for hydroxylation is 2. The first-order chi connectivity index (χ1) is 9.61. The van der Waals surface area contributed by atoms with Gasteiger partial charge in [0.1, 0.15) is 18.3 Å². The fourth-order valence-corrected chi connectivity index (χ4v) is 1.99. The maximum Gasteiger partial charge on any atom is 0.235 e. The average molecular weight is 268 g/mol. The number of imidazole rings is 1. The van der Waals surface area contributed by atoms with E-state index in [1.54, 1.807) is 6.20 Å². The predicted octanol–water partition coefficient (Wildman–Crippen LogP) is 1.85. The van der Waals surface area contributed by atoms with E-state index < -0.39 is 0 Å². The lowest BCUT2D eigenvalue weighted by Crippen LogP contribution is -2.30. The molecule has 0 saturated heterocycles. The molecule has 0 aliphatic rings. The summed E-state index contributed by atoms with van der Waals surface area (Å²) in [6, 6.07) is 9.40. The monoisotopic (exact) mass is 268 g/mol. The Morgan fingerprint density at radius 2 is 2.15 bits per heavy atom. The second-order valence-electron chi connectivity index (χ2n) is 4.64. The minimum atomic E-state index is -0.351. The van der Waals surface area contributed by atoms with Crippen LogP contribution in [0.4, 0.5) is 0 Å². The molecule has 5 heteroatoms. The molecular formula is C15H16N4O. The molecule has 1 aromatic heterocycles. The minimum Gasteiger partial charge on any atom is -0.341 e. The fraction of sp³-hybridized carbons (Fsp3) is 0.267. The van der Waals surface area contributed by atoms with Crippen LogP contribution in [0.1, 0.15) is 29.4 Å². The Balaban J connectivity index is 2.34. The topological polar surface area (TPSA) is 70.7 Å². The number of nitriles is 1. The third-order valence-corrected chi connectivity index (χ3v) is 3.07. The van der Waals surface area contributed by atoms with Crippen molar-refractivity contribution < 1.29 is 4.79 Å². The van der Waals surface area contributed by atoms with Gasteiger partial charge in [-0.25, -0.2) is 4.98 Å². The molecule has 1 amide bonds. The first kappa shape index (κ1) is 13.8. The molecule has 2 rings (SSSR count). The van der Waals surface area contributed by atoms with Crippen molar-refractivity contribution in [1.29, 1.82) is 5.26 Å². The number of hydrogen-bond donors (Lipinski definition) is 1. The first-order valence-electron chi connectivity index (χ1n) is 6.32. The maximum absolute atomic E-state index is 11.7. The number of carbonyl (C=O) groups excluding carboxylic acids is 1. The zero-order valence-electron chi connectivity index (χ0n) is 11.5. The predicted molar refractivity (Wildman–Crippen MR) is 74.6 cm³/mol. The van der Waals surface area contributed by atoms with Crippen LogP contribution in [-0.4, -0.2) is 15.5 Å². The number of nitrogens with one attached hydrogen (secondary N) is 1. The van der Waals surface area contributed by atoms with Gasteiger partial charge < -0.3 is 9.88 Å². The van der Waals surface area contributed by atoms with Crippen molar-refractivity contribution in [2.45, 2.75) is 19.4 Å². The van der Waals surface area contributed by atoms with Crippen molar-refractivity contribution in [1.82, 2.24) is 14.9 Å². The Morgan fingerprint density at radius 3 is 2.70 bits per heavy atom. The summed E-state index contributed by atoms with van der Waals surface area (Å²) in [6.45, 7) is 2.01. The van der Waals surface area contributed by atoms with Gasteiger partial charge in [0.2, 0.25) is 5.91 Å². The van der Waals surface area contributed by atoms with Gasteiger partial charge in [-0.3, -0.25) is 4.79 Å². The third kappa shape index (κ3) is 3.04. The smallest absolute Gasteiger partial charge is 0.235 e. The molecule has 2 aromatic rings. The number of nitrogens with zero attached hydrogens (tertiary/aromatic N) is 3. The first-order valence-corrected chi connectivity index (χ1v) is 6.32. The Kier molecular flexibility index (Phi) is 4.16. The van der Waals surface area contributed by atoms with Gasteiger partial charge >= 0.3 is 0 Å². The summed E-state index contributed by atoms with van der Waals surface area (Å²) in [4.78, 5) is 16.0. The molecule has 1 unspecified atom stereocenters. The van der Waals surface area contributed by atoms with E-state index in [1.807, 2.05) is 55.1 Å². The molecular weight excluding hydrogens is 252 g/mol. The molecule has 20 heavy (non-hydrogen) atoms. The highest BCUT2D eigenvalue weighted by Gasteiger charge is 2.20. The van der Waals surface area contributed by atoms with E-state index in [1.165, 1.54) is 0 Å². The van der Waals surface area contributed by atoms with Gasteiger partial charge in [0, 0.05) is 19.4 Å². The lowest BCUT2D eigenvalue weighted by Gasteiger charge is -2.18. The quantitative estimate of drug-likeness (QED) is 0.919. The molecule has 0 spiro atoms. The standard InChI is InChI=1S/C15H16N4O/c1-11-3-5-12(6-4-11)14(18-13(20)7-8-16)15-17-9-10-19(15)2/h3-6,9-10,14H,7H2,1-2H3,(H,18,20). The number of rotatable bonds is 4. The molecule has 0 saturated carbocycles. The van der Waals surface area contributed by atoms with Crippen LogP contribution in [0.25, 0.3) is 0 Å². The average Bonchev–Trinajstić information content (AvgIpc) is 2.84.